The van der Waals surface area contributed by atoms with Crippen LogP contribution in [0.4, 0.5) is 5.69 Å². The van der Waals surface area contributed by atoms with Crippen molar-refractivity contribution < 1.29 is 0 Å². The van der Waals surface area contributed by atoms with Crippen molar-refractivity contribution in [1.29, 1.82) is 0 Å². The molecule has 13 rings (SSSR count). The van der Waals surface area contributed by atoms with Crippen LogP contribution in [0.5, 0.6) is 0 Å². The third-order valence-electron chi connectivity index (χ3n) is 13.1. The summed E-state index contributed by atoms with van der Waals surface area (Å²) in [7, 11) is 2.25. The fourth-order valence-corrected chi connectivity index (χ4v) is 11.5. The third kappa shape index (κ3) is 5.33. The molecule has 3 nitrogen and oxygen atoms in total. The summed E-state index contributed by atoms with van der Waals surface area (Å²) in [5.41, 5.74) is 14.6. The number of thioether (sulfide) groups is 1. The van der Waals surface area contributed by atoms with Crippen LogP contribution in [0.1, 0.15) is 10.9 Å². The van der Waals surface area contributed by atoms with Crippen LogP contribution in [0.2, 0.25) is 0 Å². The molecule has 1 aliphatic heterocycles. The van der Waals surface area contributed by atoms with Gasteiger partial charge in [0, 0.05) is 50.2 Å². The van der Waals surface area contributed by atoms with E-state index in [1.807, 2.05) is 11.8 Å². The first-order chi connectivity index (χ1) is 30.7. The summed E-state index contributed by atoms with van der Waals surface area (Å²) in [5.74, 6) is 0. The van der Waals surface area contributed by atoms with Crippen molar-refractivity contribution in [3.05, 3.63) is 218 Å². The Morgan fingerprint density at radius 2 is 0.839 bits per heavy atom. The summed E-state index contributed by atoms with van der Waals surface area (Å²) in [4.78, 5) is 3.81. The fraction of sp³-hybridized carbons (Fsp3) is 0.0345. The van der Waals surface area contributed by atoms with Crippen LogP contribution < -0.4 is 4.90 Å². The minimum atomic E-state index is 0.251. The predicted octanol–water partition coefficient (Wildman–Crippen LogP) is 15.8. The molecule has 0 saturated heterocycles. The van der Waals surface area contributed by atoms with E-state index in [2.05, 4.69) is 233 Å². The first kappa shape index (κ1) is 35.2. The van der Waals surface area contributed by atoms with Crippen LogP contribution >= 0.6 is 11.8 Å². The molecule has 0 fully saturated rings. The first-order valence-corrected chi connectivity index (χ1v) is 22.2. The van der Waals surface area contributed by atoms with Gasteiger partial charge < -0.3 is 14.0 Å². The van der Waals surface area contributed by atoms with Crippen molar-refractivity contribution >= 4 is 82.6 Å². The molecule has 292 valence electrons. The van der Waals surface area contributed by atoms with Gasteiger partial charge in [-0.15, -0.1) is 0 Å². The van der Waals surface area contributed by atoms with E-state index in [9.17, 15) is 0 Å². The lowest BCUT2D eigenvalue weighted by Gasteiger charge is -2.23. The molecule has 0 bridgehead atoms. The number of anilines is 1. The maximum atomic E-state index is 2.47. The quantitative estimate of drug-likeness (QED) is 0.161. The first-order valence-electron chi connectivity index (χ1n) is 21.3. The lowest BCUT2D eigenvalue weighted by Crippen LogP contribution is -2.17. The third-order valence-corrected chi connectivity index (χ3v) is 14.5. The second kappa shape index (κ2) is 13.8. The van der Waals surface area contributed by atoms with Crippen molar-refractivity contribution in [1.82, 2.24) is 9.13 Å². The normalized spacial score (nSPS) is 14.0. The highest BCUT2D eigenvalue weighted by Gasteiger charge is 2.31. The summed E-state index contributed by atoms with van der Waals surface area (Å²) < 4.78 is 4.80. The maximum Gasteiger partial charge on any atom is 0.105 e. The van der Waals surface area contributed by atoms with E-state index in [4.69, 9.17) is 0 Å². The average molecular weight is 810 g/mol. The second-order valence-corrected chi connectivity index (χ2v) is 17.7. The highest BCUT2D eigenvalue weighted by Crippen LogP contribution is 2.54. The second-order valence-electron chi connectivity index (χ2n) is 16.6. The Hall–Kier alpha value is -7.53. The maximum absolute atomic E-state index is 2.47. The van der Waals surface area contributed by atoms with Crippen molar-refractivity contribution in [2.75, 3.05) is 11.9 Å². The number of rotatable bonds is 5. The fourth-order valence-electron chi connectivity index (χ4n) is 10.2. The monoisotopic (exact) mass is 809 g/mol. The molecule has 1 atom stereocenters. The van der Waals surface area contributed by atoms with E-state index in [0.29, 0.717) is 0 Å². The smallest absolute Gasteiger partial charge is 0.105 e. The number of fused-ring (bicyclic) bond motifs is 11. The number of nitrogens with zero attached hydrogens (tertiary/aromatic N) is 3. The van der Waals surface area contributed by atoms with Gasteiger partial charge in [0.2, 0.25) is 0 Å². The Labute approximate surface area is 363 Å². The van der Waals surface area contributed by atoms with E-state index in [0.717, 1.165) is 5.69 Å². The van der Waals surface area contributed by atoms with Gasteiger partial charge in [0.1, 0.15) is 5.37 Å². The molecule has 0 amide bonds. The number of benzene rings is 10. The molecule has 4 heteroatoms. The molecule has 3 heterocycles. The highest BCUT2D eigenvalue weighted by molar-refractivity contribution is 8.00. The van der Waals surface area contributed by atoms with Gasteiger partial charge in [0.15, 0.2) is 0 Å². The van der Waals surface area contributed by atoms with Crippen molar-refractivity contribution in [2.24, 2.45) is 0 Å². The number of hydrogen-bond acceptors (Lipinski definition) is 2. The average Bonchev–Trinajstić information content (AvgIpc) is 3.98. The van der Waals surface area contributed by atoms with E-state index in [1.165, 1.54) is 109 Å². The molecular weight excluding hydrogens is 771 g/mol. The standard InChI is InChI=1S/C58H39N3S/c1-59-57-55(62-58(59)38-13-5-2-6-14-38)32-27-37-21-22-43-33-39(23-28-46(43)56(37)57)40-24-30-53-49(35-40)50-36-42(26-31-54(50)61(53)45-17-9-4-10-18-45)41-25-29-52-48(34-41)47-19-11-12-20-51(47)60(52)44-15-7-3-8-16-44/h2-36,58H,1H3. The van der Waals surface area contributed by atoms with E-state index in [1.54, 1.807) is 0 Å². The van der Waals surface area contributed by atoms with Gasteiger partial charge in [-0.25, -0.2) is 0 Å². The molecule has 0 N–H and O–H groups in total. The van der Waals surface area contributed by atoms with Crippen LogP contribution in [0.15, 0.2) is 217 Å². The molecule has 0 radical (unpaired) electrons. The van der Waals surface area contributed by atoms with Gasteiger partial charge in [-0.05, 0) is 123 Å². The van der Waals surface area contributed by atoms with Crippen LogP contribution in [0.25, 0.3) is 98.8 Å². The van der Waals surface area contributed by atoms with Gasteiger partial charge in [-0.2, -0.15) is 0 Å². The zero-order valence-electron chi connectivity index (χ0n) is 34.0. The zero-order chi connectivity index (χ0) is 40.9. The molecule has 12 aromatic rings. The van der Waals surface area contributed by atoms with Crippen LogP contribution in [-0.4, -0.2) is 16.2 Å². The summed E-state index contributed by atoms with van der Waals surface area (Å²) in [5, 5.41) is 10.4. The van der Waals surface area contributed by atoms with Gasteiger partial charge in [-0.1, -0.05) is 145 Å². The van der Waals surface area contributed by atoms with Gasteiger partial charge in [0.25, 0.3) is 0 Å². The van der Waals surface area contributed by atoms with Crippen molar-refractivity contribution in [3.63, 3.8) is 0 Å². The van der Waals surface area contributed by atoms with Crippen molar-refractivity contribution in [3.8, 4) is 33.6 Å². The van der Waals surface area contributed by atoms with Crippen molar-refractivity contribution in [2.45, 2.75) is 10.3 Å². The largest absolute Gasteiger partial charge is 0.357 e. The van der Waals surface area contributed by atoms with Gasteiger partial charge in [-0.3, -0.25) is 0 Å². The topological polar surface area (TPSA) is 13.1 Å². The van der Waals surface area contributed by atoms with Gasteiger partial charge >= 0.3 is 0 Å². The molecule has 1 unspecified atom stereocenters. The summed E-state index contributed by atoms with van der Waals surface area (Å²) >= 11 is 1.95. The minimum absolute atomic E-state index is 0.251. The molecule has 1 aliphatic rings. The van der Waals surface area contributed by atoms with E-state index >= 15 is 0 Å². The molecule has 0 aliphatic carbocycles. The summed E-state index contributed by atoms with van der Waals surface area (Å²) in [6, 6.07) is 78.3. The number of para-hydroxylation sites is 3. The van der Waals surface area contributed by atoms with Crippen LogP contribution in [0.3, 0.4) is 0 Å². The summed E-state index contributed by atoms with van der Waals surface area (Å²) in [6.07, 6.45) is 0. The SMILES string of the molecule is CN1c2c(ccc3ccc4cc(-c5ccc6c(c5)c5cc(-c7ccc8c(c7)c7ccccc7n8-c7ccccc7)ccc5n6-c5ccccc5)ccc4c23)SC1c1ccccc1. The Morgan fingerprint density at radius 1 is 0.371 bits per heavy atom. The molecule has 62 heavy (non-hydrogen) atoms. The number of hydrogen-bond donors (Lipinski definition) is 0. The molecule has 0 saturated carbocycles. The molecule has 10 aromatic carbocycles. The Bertz CT molecular complexity index is 3740. The van der Waals surface area contributed by atoms with E-state index < -0.39 is 0 Å². The molecular formula is C58H39N3S. The summed E-state index contributed by atoms with van der Waals surface area (Å²) in [6.45, 7) is 0. The van der Waals surface area contributed by atoms with E-state index in [-0.39, 0.29) is 5.37 Å². The Balaban J connectivity index is 0.957. The molecule has 0 spiro atoms. The Kier molecular flexibility index (Phi) is 7.82. The molecule has 2 aromatic heterocycles. The number of aromatic nitrogens is 2. The Morgan fingerprint density at radius 3 is 1.45 bits per heavy atom. The highest BCUT2D eigenvalue weighted by atomic mass is 32.2. The lowest BCUT2D eigenvalue weighted by molar-refractivity contribution is 0.918. The lowest BCUT2D eigenvalue weighted by atomic mass is 9.95. The zero-order valence-corrected chi connectivity index (χ0v) is 34.9. The van der Waals surface area contributed by atoms with Crippen LogP contribution in [0, 0.1) is 0 Å². The predicted molar refractivity (Wildman–Crippen MR) is 264 cm³/mol. The minimum Gasteiger partial charge on any atom is -0.357 e. The van der Waals surface area contributed by atoms with Crippen LogP contribution in [-0.2, 0) is 0 Å². The van der Waals surface area contributed by atoms with Gasteiger partial charge in [0.05, 0.1) is 27.8 Å².